The van der Waals surface area contributed by atoms with E-state index in [1.54, 1.807) is 6.07 Å². The topological polar surface area (TPSA) is 12.0 Å². The smallest absolute Gasteiger partial charge is 0.126 e. The molecule has 3 heteroatoms. The first-order valence-electron chi connectivity index (χ1n) is 6.89. The Morgan fingerprint density at radius 1 is 1.10 bits per heavy atom. The quantitative estimate of drug-likeness (QED) is 0.824. The van der Waals surface area contributed by atoms with Gasteiger partial charge in [0.1, 0.15) is 5.82 Å². The lowest BCUT2D eigenvalue weighted by Crippen LogP contribution is -2.34. The third kappa shape index (κ3) is 2.96. The minimum Gasteiger partial charge on any atom is -0.382 e. The largest absolute Gasteiger partial charge is 0.382 e. The van der Waals surface area contributed by atoms with Gasteiger partial charge >= 0.3 is 0 Å². The van der Waals surface area contributed by atoms with Crippen molar-refractivity contribution in [2.75, 3.05) is 5.32 Å². The van der Waals surface area contributed by atoms with Crippen LogP contribution in [0.2, 0.25) is 5.02 Å². The summed E-state index contributed by atoms with van der Waals surface area (Å²) < 4.78 is 13.3. The summed E-state index contributed by atoms with van der Waals surface area (Å²) in [4.78, 5) is 0. The molecule has 1 saturated carbocycles. The number of rotatable bonds is 3. The van der Waals surface area contributed by atoms with Crippen LogP contribution < -0.4 is 5.32 Å². The van der Waals surface area contributed by atoms with Crippen molar-refractivity contribution >= 4 is 17.3 Å². The molecule has 2 aromatic carbocycles. The highest BCUT2D eigenvalue weighted by Crippen LogP contribution is 2.38. The summed E-state index contributed by atoms with van der Waals surface area (Å²) >= 11 is 5.85. The summed E-state index contributed by atoms with van der Waals surface area (Å²) in [5, 5.41) is 3.78. The zero-order valence-electron chi connectivity index (χ0n) is 11.4. The number of hydrogen-bond acceptors (Lipinski definition) is 1. The predicted octanol–water partition coefficient (Wildman–Crippen LogP) is 5.15. The van der Waals surface area contributed by atoms with Crippen LogP contribution in [0, 0.1) is 12.7 Å². The molecular formula is C17H17ClFN. The Bertz CT molecular complexity index is 583. The first-order chi connectivity index (χ1) is 9.60. The first kappa shape index (κ1) is 13.4. The van der Waals surface area contributed by atoms with E-state index in [9.17, 15) is 4.39 Å². The fourth-order valence-corrected chi connectivity index (χ4v) is 2.94. The molecule has 1 nitrogen and oxygen atoms in total. The molecule has 20 heavy (non-hydrogen) atoms. The maximum atomic E-state index is 13.3. The zero-order chi connectivity index (χ0) is 14.1. The molecule has 0 bridgehead atoms. The molecule has 2 aromatic rings. The van der Waals surface area contributed by atoms with Gasteiger partial charge in [0.05, 0.1) is 0 Å². The number of halogens is 2. The molecule has 0 heterocycles. The molecule has 0 amide bonds. The van der Waals surface area contributed by atoms with Crippen molar-refractivity contribution < 1.29 is 4.39 Å². The van der Waals surface area contributed by atoms with Gasteiger partial charge < -0.3 is 5.32 Å². The lowest BCUT2D eigenvalue weighted by molar-refractivity contribution is 0.374. The molecule has 0 spiro atoms. The lowest BCUT2D eigenvalue weighted by atomic mass is 9.75. The summed E-state index contributed by atoms with van der Waals surface area (Å²) in [7, 11) is 0. The van der Waals surface area contributed by atoms with E-state index >= 15 is 0 Å². The molecule has 3 rings (SSSR count). The highest BCUT2D eigenvalue weighted by atomic mass is 35.5. The molecule has 104 valence electrons. The first-order valence-corrected chi connectivity index (χ1v) is 7.27. The molecule has 1 N–H and O–H groups in total. The van der Waals surface area contributed by atoms with E-state index in [0.29, 0.717) is 17.0 Å². The predicted molar refractivity (Wildman–Crippen MR) is 82.0 cm³/mol. The molecule has 0 radical (unpaired) electrons. The van der Waals surface area contributed by atoms with Crippen molar-refractivity contribution in [3.8, 4) is 0 Å². The minimum absolute atomic E-state index is 0.297. The number of benzene rings is 2. The Labute approximate surface area is 123 Å². The Morgan fingerprint density at radius 3 is 2.45 bits per heavy atom. The number of aryl methyl sites for hydroxylation is 1. The summed E-state index contributed by atoms with van der Waals surface area (Å²) in [6.45, 7) is 2.10. The molecule has 0 atom stereocenters. The normalized spacial score (nSPS) is 21.4. The van der Waals surface area contributed by atoms with E-state index in [4.69, 9.17) is 11.6 Å². The van der Waals surface area contributed by atoms with Gasteiger partial charge in [-0.15, -0.1) is 0 Å². The van der Waals surface area contributed by atoms with Crippen LogP contribution in [0.5, 0.6) is 0 Å². The molecule has 0 unspecified atom stereocenters. The number of nitrogens with one attached hydrogen (secondary N) is 1. The Hall–Kier alpha value is -1.54. The Balaban J connectivity index is 1.59. The van der Waals surface area contributed by atoms with Gasteiger partial charge in [0, 0.05) is 16.8 Å². The standard InChI is InChI=1S/C17H17ClFN/c1-11-2-4-12(5-3-11)13-6-16(7-13)20-17-9-14(18)8-15(19)10-17/h2-5,8-10,13,16,20H,6-7H2,1H3. The van der Waals surface area contributed by atoms with Gasteiger partial charge in [-0.05, 0) is 49.4 Å². The molecular weight excluding hydrogens is 273 g/mol. The highest BCUT2D eigenvalue weighted by Gasteiger charge is 2.30. The van der Waals surface area contributed by atoms with E-state index in [-0.39, 0.29) is 5.82 Å². The number of anilines is 1. The van der Waals surface area contributed by atoms with E-state index in [2.05, 4.69) is 36.5 Å². The van der Waals surface area contributed by atoms with Crippen LogP contribution in [0.4, 0.5) is 10.1 Å². The third-order valence-corrected chi connectivity index (χ3v) is 4.14. The van der Waals surface area contributed by atoms with Crippen molar-refractivity contribution in [3.05, 3.63) is 64.4 Å². The van der Waals surface area contributed by atoms with Crippen molar-refractivity contribution in [1.82, 2.24) is 0 Å². The van der Waals surface area contributed by atoms with Crippen molar-refractivity contribution in [1.29, 1.82) is 0 Å². The monoisotopic (exact) mass is 289 g/mol. The molecule has 0 aromatic heterocycles. The average Bonchev–Trinajstić information content (AvgIpc) is 2.33. The SMILES string of the molecule is Cc1ccc(C2CC(Nc3cc(F)cc(Cl)c3)C2)cc1. The maximum absolute atomic E-state index is 13.3. The second-order valence-corrected chi connectivity index (χ2v) is 6.01. The number of hydrogen-bond donors (Lipinski definition) is 1. The highest BCUT2D eigenvalue weighted by molar-refractivity contribution is 6.30. The lowest BCUT2D eigenvalue weighted by Gasteiger charge is -2.37. The molecule has 1 aliphatic rings. The second kappa shape index (κ2) is 5.45. The van der Waals surface area contributed by atoms with Crippen LogP contribution >= 0.6 is 11.6 Å². The van der Waals surface area contributed by atoms with Crippen LogP contribution in [0.25, 0.3) is 0 Å². The van der Waals surface area contributed by atoms with E-state index < -0.39 is 0 Å². The van der Waals surface area contributed by atoms with E-state index in [1.807, 2.05) is 0 Å². The fraction of sp³-hybridized carbons (Fsp3) is 0.294. The zero-order valence-corrected chi connectivity index (χ0v) is 12.1. The van der Waals surface area contributed by atoms with Gasteiger partial charge in [0.15, 0.2) is 0 Å². The summed E-state index contributed by atoms with van der Waals surface area (Å²) in [6, 6.07) is 13.7. The molecule has 0 saturated heterocycles. The average molecular weight is 290 g/mol. The van der Waals surface area contributed by atoms with Crippen LogP contribution in [-0.2, 0) is 0 Å². The second-order valence-electron chi connectivity index (χ2n) is 5.58. The fourth-order valence-electron chi connectivity index (χ4n) is 2.72. The minimum atomic E-state index is -0.297. The summed E-state index contributed by atoms with van der Waals surface area (Å²) in [5.41, 5.74) is 3.45. The van der Waals surface area contributed by atoms with Gasteiger partial charge in [-0.1, -0.05) is 41.4 Å². The summed E-state index contributed by atoms with van der Waals surface area (Å²) in [5.74, 6) is 0.312. The molecule has 1 fully saturated rings. The Morgan fingerprint density at radius 2 is 1.80 bits per heavy atom. The maximum Gasteiger partial charge on any atom is 0.126 e. The van der Waals surface area contributed by atoms with E-state index in [0.717, 1.165) is 18.5 Å². The van der Waals surface area contributed by atoms with Gasteiger partial charge in [0.25, 0.3) is 0 Å². The van der Waals surface area contributed by atoms with Gasteiger partial charge in [0.2, 0.25) is 0 Å². The van der Waals surface area contributed by atoms with Crippen molar-refractivity contribution in [2.45, 2.75) is 31.7 Å². The van der Waals surface area contributed by atoms with Crippen LogP contribution in [0.3, 0.4) is 0 Å². The van der Waals surface area contributed by atoms with E-state index in [1.165, 1.54) is 23.3 Å². The molecule has 0 aliphatic heterocycles. The third-order valence-electron chi connectivity index (χ3n) is 3.92. The van der Waals surface area contributed by atoms with Crippen LogP contribution in [0.1, 0.15) is 29.9 Å². The van der Waals surface area contributed by atoms with Crippen LogP contribution in [0.15, 0.2) is 42.5 Å². The van der Waals surface area contributed by atoms with Gasteiger partial charge in [-0.2, -0.15) is 0 Å². The Kier molecular flexibility index (Phi) is 3.66. The van der Waals surface area contributed by atoms with Gasteiger partial charge in [-0.25, -0.2) is 4.39 Å². The van der Waals surface area contributed by atoms with Crippen molar-refractivity contribution in [2.24, 2.45) is 0 Å². The van der Waals surface area contributed by atoms with Gasteiger partial charge in [-0.3, -0.25) is 0 Å². The van der Waals surface area contributed by atoms with Crippen LogP contribution in [-0.4, -0.2) is 6.04 Å². The molecule has 1 aliphatic carbocycles. The summed E-state index contributed by atoms with van der Waals surface area (Å²) in [6.07, 6.45) is 2.16. The van der Waals surface area contributed by atoms with Crippen molar-refractivity contribution in [3.63, 3.8) is 0 Å².